The molecule has 2 aromatic heterocycles. The van der Waals surface area contributed by atoms with Crippen LogP contribution in [0.15, 0.2) is 10.9 Å². The van der Waals surface area contributed by atoms with Crippen LogP contribution in [0.2, 0.25) is 5.15 Å². The minimum absolute atomic E-state index is 0.253. The van der Waals surface area contributed by atoms with E-state index in [-0.39, 0.29) is 10.7 Å². The number of nitrogens with zero attached hydrogens (tertiary/aromatic N) is 3. The molecule has 2 aromatic rings. The van der Waals surface area contributed by atoms with Gasteiger partial charge < -0.3 is 4.98 Å². The van der Waals surface area contributed by atoms with E-state index in [4.69, 9.17) is 11.6 Å². The van der Waals surface area contributed by atoms with Crippen molar-refractivity contribution in [2.75, 3.05) is 0 Å². The number of pyridine rings is 1. The van der Waals surface area contributed by atoms with Gasteiger partial charge >= 0.3 is 0 Å². The Bertz CT molecular complexity index is 755. The molecule has 1 aliphatic carbocycles. The number of fused-ring (bicyclic) bond motifs is 1. The van der Waals surface area contributed by atoms with Crippen molar-refractivity contribution < 1.29 is 0 Å². The van der Waals surface area contributed by atoms with E-state index < -0.39 is 5.41 Å². The van der Waals surface area contributed by atoms with E-state index >= 15 is 0 Å². The van der Waals surface area contributed by atoms with Gasteiger partial charge in [0.15, 0.2) is 5.65 Å². The number of nitrogens with one attached hydrogen (secondary N) is 1. The fourth-order valence-electron chi connectivity index (χ4n) is 2.05. The van der Waals surface area contributed by atoms with Crippen molar-refractivity contribution in [3.05, 3.63) is 33.0 Å². The molecule has 0 aromatic carbocycles. The van der Waals surface area contributed by atoms with Gasteiger partial charge in [0, 0.05) is 5.56 Å². The third-order valence-corrected chi connectivity index (χ3v) is 3.54. The molecule has 5 nitrogen and oxygen atoms in total. The number of aromatic nitrogens is 3. The highest BCUT2D eigenvalue weighted by Crippen LogP contribution is 2.49. The molecule has 1 saturated carbocycles. The summed E-state index contributed by atoms with van der Waals surface area (Å²) in [5.41, 5.74) is 0.140. The Morgan fingerprint density at radius 3 is 2.83 bits per heavy atom. The Morgan fingerprint density at radius 2 is 2.22 bits per heavy atom. The fourth-order valence-corrected chi connectivity index (χ4v) is 2.37. The van der Waals surface area contributed by atoms with Gasteiger partial charge in [-0.15, -0.1) is 0 Å². The lowest BCUT2D eigenvalue weighted by molar-refractivity contribution is 0.899. The highest BCUT2D eigenvalue weighted by atomic mass is 35.5. The third-order valence-electron chi connectivity index (χ3n) is 3.25. The summed E-state index contributed by atoms with van der Waals surface area (Å²) in [5, 5.41) is 9.82. The summed E-state index contributed by atoms with van der Waals surface area (Å²) in [7, 11) is 0. The molecule has 6 heteroatoms. The number of H-pyrrole nitrogens is 1. The average molecular weight is 261 g/mol. The van der Waals surface area contributed by atoms with Gasteiger partial charge in [-0.2, -0.15) is 5.26 Å². The van der Waals surface area contributed by atoms with E-state index in [0.29, 0.717) is 22.4 Å². The SMILES string of the molecule is Cc1nc2nc(Cl)c(C3(C#N)CC3)cc2c(=O)[nH]1. The van der Waals surface area contributed by atoms with Crippen molar-refractivity contribution in [1.29, 1.82) is 5.26 Å². The summed E-state index contributed by atoms with van der Waals surface area (Å²) in [6.07, 6.45) is 1.52. The minimum Gasteiger partial charge on any atom is -0.310 e. The Balaban J connectivity index is 2.35. The summed E-state index contributed by atoms with van der Waals surface area (Å²) in [6.45, 7) is 1.68. The molecule has 0 spiro atoms. The van der Waals surface area contributed by atoms with Crippen LogP contribution in [0.1, 0.15) is 24.2 Å². The summed E-state index contributed by atoms with van der Waals surface area (Å²) in [5.74, 6) is 0.491. The molecule has 0 aliphatic heterocycles. The van der Waals surface area contributed by atoms with Gasteiger partial charge in [-0.3, -0.25) is 4.79 Å². The van der Waals surface area contributed by atoms with E-state index in [1.54, 1.807) is 13.0 Å². The van der Waals surface area contributed by atoms with Crippen LogP contribution in [0, 0.1) is 18.3 Å². The quantitative estimate of drug-likeness (QED) is 0.793. The first-order valence-corrected chi connectivity index (χ1v) is 5.92. The van der Waals surface area contributed by atoms with E-state index in [0.717, 1.165) is 12.8 Å². The number of rotatable bonds is 1. The molecule has 3 rings (SSSR count). The highest BCUT2D eigenvalue weighted by molar-refractivity contribution is 6.30. The Kier molecular flexibility index (Phi) is 2.19. The highest BCUT2D eigenvalue weighted by Gasteiger charge is 2.47. The lowest BCUT2D eigenvalue weighted by atomic mass is 9.99. The number of hydrogen-bond acceptors (Lipinski definition) is 4. The maximum absolute atomic E-state index is 11.8. The predicted molar refractivity (Wildman–Crippen MR) is 66.4 cm³/mol. The normalized spacial score (nSPS) is 16.5. The van der Waals surface area contributed by atoms with E-state index in [1.165, 1.54) is 0 Å². The number of halogens is 1. The van der Waals surface area contributed by atoms with Crippen molar-refractivity contribution in [2.45, 2.75) is 25.2 Å². The zero-order chi connectivity index (χ0) is 12.9. The Morgan fingerprint density at radius 1 is 1.50 bits per heavy atom. The van der Waals surface area contributed by atoms with E-state index in [9.17, 15) is 10.1 Å². The molecule has 0 bridgehead atoms. The summed E-state index contributed by atoms with van der Waals surface area (Å²) < 4.78 is 0. The van der Waals surface area contributed by atoms with Crippen LogP contribution in [-0.4, -0.2) is 15.0 Å². The second-order valence-corrected chi connectivity index (χ2v) is 4.90. The molecular formula is C12H9ClN4O. The molecule has 0 atom stereocenters. The molecule has 90 valence electrons. The van der Waals surface area contributed by atoms with Gasteiger partial charge in [0.2, 0.25) is 0 Å². The maximum atomic E-state index is 11.8. The standard InChI is InChI=1S/C12H9ClN4O/c1-6-15-10-7(11(18)16-6)4-8(9(13)17-10)12(5-14)2-3-12/h4H,2-3H2,1H3,(H,15,16,17,18). The molecule has 0 saturated heterocycles. The molecule has 18 heavy (non-hydrogen) atoms. The minimum atomic E-state index is -0.560. The average Bonchev–Trinajstić information content (AvgIpc) is 3.08. The zero-order valence-electron chi connectivity index (χ0n) is 9.62. The molecule has 1 N–H and O–H groups in total. The number of hydrogen-bond donors (Lipinski definition) is 1. The van der Waals surface area contributed by atoms with Gasteiger partial charge in [0.25, 0.3) is 5.56 Å². The molecule has 1 fully saturated rings. The van der Waals surface area contributed by atoms with Crippen LogP contribution in [0.3, 0.4) is 0 Å². The lowest BCUT2D eigenvalue weighted by Crippen LogP contribution is -2.13. The van der Waals surface area contributed by atoms with Crippen molar-refractivity contribution in [1.82, 2.24) is 15.0 Å². The number of aromatic amines is 1. The van der Waals surface area contributed by atoms with E-state index in [1.807, 2.05) is 0 Å². The Labute approximate surface area is 107 Å². The number of aryl methyl sites for hydroxylation is 1. The molecule has 2 heterocycles. The summed E-state index contributed by atoms with van der Waals surface area (Å²) in [4.78, 5) is 22.7. The van der Waals surface area contributed by atoms with Crippen LogP contribution < -0.4 is 5.56 Å². The first-order chi connectivity index (χ1) is 8.55. The maximum Gasteiger partial charge on any atom is 0.260 e. The van der Waals surface area contributed by atoms with Crippen LogP contribution in [0.5, 0.6) is 0 Å². The van der Waals surface area contributed by atoms with Crippen molar-refractivity contribution in [3.63, 3.8) is 0 Å². The van der Waals surface area contributed by atoms with Gasteiger partial charge in [-0.05, 0) is 25.8 Å². The van der Waals surface area contributed by atoms with Crippen molar-refractivity contribution in [2.24, 2.45) is 0 Å². The largest absolute Gasteiger partial charge is 0.310 e. The molecule has 1 aliphatic rings. The monoisotopic (exact) mass is 260 g/mol. The van der Waals surface area contributed by atoms with Crippen LogP contribution >= 0.6 is 11.6 Å². The van der Waals surface area contributed by atoms with Gasteiger partial charge in [-0.1, -0.05) is 11.6 Å². The summed E-state index contributed by atoms with van der Waals surface area (Å²) in [6, 6.07) is 3.89. The summed E-state index contributed by atoms with van der Waals surface area (Å²) >= 11 is 6.10. The topological polar surface area (TPSA) is 82.4 Å². The molecule has 0 radical (unpaired) electrons. The van der Waals surface area contributed by atoms with Crippen LogP contribution in [0.25, 0.3) is 11.0 Å². The van der Waals surface area contributed by atoms with E-state index in [2.05, 4.69) is 21.0 Å². The first-order valence-electron chi connectivity index (χ1n) is 5.55. The van der Waals surface area contributed by atoms with Gasteiger partial charge in [0.05, 0.1) is 16.9 Å². The van der Waals surface area contributed by atoms with Gasteiger partial charge in [-0.25, -0.2) is 9.97 Å². The molecule has 0 unspecified atom stereocenters. The first kappa shape index (κ1) is 11.2. The zero-order valence-corrected chi connectivity index (χ0v) is 10.4. The third kappa shape index (κ3) is 1.50. The smallest absolute Gasteiger partial charge is 0.260 e. The number of nitriles is 1. The second kappa shape index (κ2) is 3.53. The lowest BCUT2D eigenvalue weighted by Gasteiger charge is -2.09. The van der Waals surface area contributed by atoms with Crippen molar-refractivity contribution >= 4 is 22.6 Å². The Hall–Kier alpha value is -1.93. The fraction of sp³-hybridized carbons (Fsp3) is 0.333. The molecular weight excluding hydrogens is 252 g/mol. The van der Waals surface area contributed by atoms with Crippen LogP contribution in [0.4, 0.5) is 0 Å². The van der Waals surface area contributed by atoms with Crippen LogP contribution in [-0.2, 0) is 5.41 Å². The predicted octanol–water partition coefficient (Wildman–Crippen LogP) is 1.84. The molecule has 0 amide bonds. The van der Waals surface area contributed by atoms with Crippen molar-refractivity contribution in [3.8, 4) is 6.07 Å². The second-order valence-electron chi connectivity index (χ2n) is 4.54. The van der Waals surface area contributed by atoms with Gasteiger partial charge in [0.1, 0.15) is 11.0 Å².